The maximum atomic E-state index is 12.2. The molecule has 10 nitrogen and oxygen atoms in total. The highest BCUT2D eigenvalue weighted by atomic mass is 127. The number of hydrogen-bond acceptors (Lipinski definition) is 10. The number of aromatic nitrogens is 2. The molecule has 39 heavy (non-hydrogen) atoms. The zero-order valence-corrected chi connectivity index (χ0v) is 27.7. The molecule has 2 fully saturated rings. The normalized spacial score (nSPS) is 17.2. The van der Waals surface area contributed by atoms with Crippen LogP contribution in [0.2, 0.25) is 0 Å². The summed E-state index contributed by atoms with van der Waals surface area (Å²) in [5, 5.41) is 3.30. The average Bonchev–Trinajstić information content (AvgIpc) is 3.54. The standard InChI is InChI=1S/C9H12IN3O.C5H4FIN2.C4H9NO.2C4H10O/c10-6-3-8(11)13-9(4-6)12-7-1-2-14-5-7;6-4-1-3(7)2-5(8)9-4;5-4-1-2-6-3-4;2*1-3-5-4-2/h3-4,7H,1-2,5H2,(H3,11,12,13);1-2H,(H2,8,9);4H,1-3,5H2;2*3-4H2,1-2H3/t7-;;4-;;/m0.0../s1. The zero-order chi connectivity index (χ0) is 29.5. The van der Waals surface area contributed by atoms with Crippen molar-refractivity contribution in [2.75, 3.05) is 69.6 Å². The molecule has 2 atom stereocenters. The van der Waals surface area contributed by atoms with E-state index in [0.717, 1.165) is 78.7 Å². The van der Waals surface area contributed by atoms with Crippen LogP contribution in [0.5, 0.6) is 0 Å². The van der Waals surface area contributed by atoms with Crippen LogP contribution in [0.3, 0.4) is 0 Å². The van der Waals surface area contributed by atoms with E-state index < -0.39 is 5.95 Å². The van der Waals surface area contributed by atoms with Crippen molar-refractivity contribution < 1.29 is 23.3 Å². The second kappa shape index (κ2) is 24.7. The molecule has 2 aromatic rings. The number of halogens is 3. The second-order valence-electron chi connectivity index (χ2n) is 8.02. The number of hydrogen-bond donors (Lipinski definition) is 4. The Labute approximate surface area is 259 Å². The molecular weight excluding hydrogens is 733 g/mol. The van der Waals surface area contributed by atoms with Gasteiger partial charge in [0.2, 0.25) is 5.95 Å². The highest BCUT2D eigenvalue weighted by molar-refractivity contribution is 14.1. The van der Waals surface area contributed by atoms with Crippen LogP contribution in [-0.2, 0) is 18.9 Å². The van der Waals surface area contributed by atoms with E-state index in [2.05, 4.69) is 37.9 Å². The number of anilines is 3. The number of pyridine rings is 2. The van der Waals surface area contributed by atoms with Crippen LogP contribution in [0.25, 0.3) is 0 Å². The van der Waals surface area contributed by atoms with Crippen LogP contribution in [0.4, 0.5) is 21.8 Å². The van der Waals surface area contributed by atoms with Gasteiger partial charge in [0.1, 0.15) is 17.5 Å². The van der Waals surface area contributed by atoms with Crippen molar-refractivity contribution in [2.24, 2.45) is 5.73 Å². The SMILES string of the molecule is CCOCC.CCOCC.N[C@H]1CCOC1.Nc1cc(I)cc(F)n1.Nc1cc(I)cc(N[C@H]2CCOC2)n1. The third-order valence-corrected chi connectivity index (χ3v) is 5.90. The molecule has 7 N–H and O–H groups in total. The molecule has 2 aromatic heterocycles. The van der Waals surface area contributed by atoms with E-state index in [1.807, 2.05) is 62.4 Å². The van der Waals surface area contributed by atoms with Gasteiger partial charge in [-0.2, -0.15) is 4.39 Å². The van der Waals surface area contributed by atoms with Crippen molar-refractivity contribution in [3.8, 4) is 0 Å². The summed E-state index contributed by atoms with van der Waals surface area (Å²) in [6.07, 6.45) is 2.08. The molecule has 0 aromatic carbocycles. The minimum Gasteiger partial charge on any atom is -0.384 e. The van der Waals surface area contributed by atoms with Gasteiger partial charge in [-0.15, -0.1) is 0 Å². The number of nitrogens with one attached hydrogen (secondary N) is 1. The molecule has 0 radical (unpaired) electrons. The van der Waals surface area contributed by atoms with E-state index in [1.54, 1.807) is 6.07 Å². The molecule has 2 aliphatic rings. The highest BCUT2D eigenvalue weighted by Gasteiger charge is 2.15. The van der Waals surface area contributed by atoms with Gasteiger partial charge in [-0.1, -0.05) is 0 Å². The van der Waals surface area contributed by atoms with Crippen molar-refractivity contribution in [3.05, 3.63) is 37.4 Å². The average molecular weight is 778 g/mol. The molecule has 0 saturated carbocycles. The van der Waals surface area contributed by atoms with Gasteiger partial charge in [-0.3, -0.25) is 0 Å². The van der Waals surface area contributed by atoms with Gasteiger partial charge in [-0.25, -0.2) is 9.97 Å². The molecule has 224 valence electrons. The Morgan fingerprint density at radius 1 is 0.846 bits per heavy atom. The predicted octanol–water partition coefficient (Wildman–Crippen LogP) is 4.70. The van der Waals surface area contributed by atoms with Gasteiger partial charge >= 0.3 is 0 Å². The Kier molecular flexibility index (Phi) is 24.0. The van der Waals surface area contributed by atoms with Crippen molar-refractivity contribution >= 4 is 62.6 Å². The van der Waals surface area contributed by atoms with Gasteiger partial charge in [-0.05, 0) is 104 Å². The first kappa shape index (κ1) is 37.9. The fraction of sp³-hybridized carbons (Fsp3) is 0.615. The summed E-state index contributed by atoms with van der Waals surface area (Å²) in [4.78, 5) is 7.54. The van der Waals surface area contributed by atoms with Gasteiger partial charge in [0.25, 0.3) is 0 Å². The smallest absolute Gasteiger partial charge is 0.215 e. The van der Waals surface area contributed by atoms with Crippen molar-refractivity contribution in [2.45, 2.75) is 52.6 Å². The molecule has 13 heteroatoms. The van der Waals surface area contributed by atoms with Crippen LogP contribution in [0.15, 0.2) is 24.3 Å². The van der Waals surface area contributed by atoms with E-state index in [4.69, 9.17) is 36.1 Å². The van der Waals surface area contributed by atoms with Gasteiger partial charge in [0, 0.05) is 58.9 Å². The summed E-state index contributed by atoms with van der Waals surface area (Å²) < 4.78 is 34.0. The number of nitrogens with two attached hydrogens (primary N) is 3. The molecule has 0 aliphatic carbocycles. The molecule has 2 aliphatic heterocycles. The quantitative estimate of drug-likeness (QED) is 0.240. The van der Waals surface area contributed by atoms with Gasteiger partial charge in [0.05, 0.1) is 19.3 Å². The lowest BCUT2D eigenvalue weighted by Gasteiger charge is -2.11. The summed E-state index contributed by atoms with van der Waals surface area (Å²) in [7, 11) is 0. The van der Waals surface area contributed by atoms with Gasteiger partial charge < -0.3 is 41.5 Å². The maximum Gasteiger partial charge on any atom is 0.215 e. The first-order valence-electron chi connectivity index (χ1n) is 13.0. The minimum atomic E-state index is -0.528. The second-order valence-corrected chi connectivity index (χ2v) is 10.5. The summed E-state index contributed by atoms with van der Waals surface area (Å²) in [5.41, 5.74) is 16.3. The van der Waals surface area contributed by atoms with Crippen LogP contribution < -0.4 is 22.5 Å². The molecule has 0 spiro atoms. The van der Waals surface area contributed by atoms with Crippen LogP contribution in [0, 0.1) is 13.1 Å². The zero-order valence-electron chi connectivity index (χ0n) is 23.4. The Morgan fingerprint density at radius 3 is 1.69 bits per heavy atom. The number of nitrogen functional groups attached to an aromatic ring is 2. The largest absolute Gasteiger partial charge is 0.384 e. The molecule has 4 heterocycles. The first-order valence-corrected chi connectivity index (χ1v) is 15.1. The van der Waals surface area contributed by atoms with Gasteiger partial charge in [0.15, 0.2) is 0 Å². The Balaban J connectivity index is 0.000000501. The van der Waals surface area contributed by atoms with E-state index in [1.165, 1.54) is 6.07 Å². The molecule has 0 unspecified atom stereocenters. The lowest BCUT2D eigenvalue weighted by atomic mass is 10.2. The van der Waals surface area contributed by atoms with E-state index in [-0.39, 0.29) is 5.82 Å². The summed E-state index contributed by atoms with van der Waals surface area (Å²) in [6.45, 7) is 14.5. The molecular formula is C26H45FI2N6O4. The summed E-state index contributed by atoms with van der Waals surface area (Å²) >= 11 is 4.20. The summed E-state index contributed by atoms with van der Waals surface area (Å²) in [6, 6.07) is 7.44. The maximum absolute atomic E-state index is 12.2. The Bertz CT molecular complexity index is 796. The molecule has 4 rings (SSSR count). The van der Waals surface area contributed by atoms with Crippen LogP contribution >= 0.6 is 45.2 Å². The number of ether oxygens (including phenoxy) is 4. The highest BCUT2D eigenvalue weighted by Crippen LogP contribution is 2.17. The van der Waals surface area contributed by atoms with E-state index in [0.29, 0.717) is 17.9 Å². The number of nitrogens with zero attached hydrogens (tertiary/aromatic N) is 2. The van der Waals surface area contributed by atoms with Crippen molar-refractivity contribution in [1.29, 1.82) is 0 Å². The third-order valence-electron chi connectivity index (χ3n) is 4.65. The summed E-state index contributed by atoms with van der Waals surface area (Å²) in [5.74, 6) is 1.09. The van der Waals surface area contributed by atoms with Crippen molar-refractivity contribution in [3.63, 3.8) is 0 Å². The Morgan fingerprint density at radius 2 is 1.36 bits per heavy atom. The molecule has 2 saturated heterocycles. The minimum absolute atomic E-state index is 0.222. The van der Waals surface area contributed by atoms with Crippen LogP contribution in [0.1, 0.15) is 40.5 Å². The molecule has 0 amide bonds. The first-order chi connectivity index (χ1) is 18.6. The van der Waals surface area contributed by atoms with E-state index >= 15 is 0 Å². The third kappa shape index (κ3) is 22.3. The van der Waals surface area contributed by atoms with Crippen LogP contribution in [-0.4, -0.2) is 74.9 Å². The van der Waals surface area contributed by atoms with Crippen molar-refractivity contribution in [1.82, 2.24) is 9.97 Å². The lowest BCUT2D eigenvalue weighted by Crippen LogP contribution is -2.19. The monoisotopic (exact) mass is 778 g/mol. The lowest BCUT2D eigenvalue weighted by molar-refractivity contribution is 0.162. The topological polar surface area (TPSA) is 153 Å². The van der Waals surface area contributed by atoms with E-state index in [9.17, 15) is 4.39 Å². The molecule has 0 bridgehead atoms. The predicted molar refractivity (Wildman–Crippen MR) is 173 cm³/mol. The number of rotatable bonds is 6. The fourth-order valence-corrected chi connectivity index (χ4v) is 4.08. The Hall–Kier alpha value is -1.11. The fourth-order valence-electron chi connectivity index (χ4n) is 2.89.